The van der Waals surface area contributed by atoms with Crippen LogP contribution in [0.5, 0.6) is 17.2 Å². The molecule has 2 aliphatic heterocycles. The van der Waals surface area contributed by atoms with Gasteiger partial charge >= 0.3 is 0 Å². The average Bonchev–Trinajstić information content (AvgIpc) is 2.67. The van der Waals surface area contributed by atoms with Crippen LogP contribution in [-0.4, -0.2) is 37.7 Å². The average molecular weight is 339 g/mol. The van der Waals surface area contributed by atoms with Crippen LogP contribution in [0.25, 0.3) is 0 Å². The fourth-order valence-corrected chi connectivity index (χ4v) is 3.53. The van der Waals surface area contributed by atoms with Crippen molar-refractivity contribution in [1.82, 2.24) is 4.90 Å². The Bertz CT molecular complexity index is 800. The summed E-state index contributed by atoms with van der Waals surface area (Å²) in [7, 11) is 1.62. The number of fused-ring (bicyclic) bond motifs is 2. The van der Waals surface area contributed by atoms with E-state index in [1.165, 1.54) is 5.56 Å². The second-order valence-electron chi connectivity index (χ2n) is 6.35. The summed E-state index contributed by atoms with van der Waals surface area (Å²) >= 11 is 0. The highest BCUT2D eigenvalue weighted by Crippen LogP contribution is 2.39. The van der Waals surface area contributed by atoms with Gasteiger partial charge in [0.2, 0.25) is 0 Å². The van der Waals surface area contributed by atoms with E-state index in [9.17, 15) is 4.79 Å². The monoisotopic (exact) mass is 339 g/mol. The smallest absolute Gasteiger partial charge is 0.254 e. The van der Waals surface area contributed by atoms with Crippen LogP contribution in [0.4, 0.5) is 0 Å². The molecular weight excluding hydrogens is 318 g/mol. The van der Waals surface area contributed by atoms with Gasteiger partial charge < -0.3 is 19.1 Å². The minimum absolute atomic E-state index is 0.00539. The molecule has 0 saturated carbocycles. The lowest BCUT2D eigenvalue weighted by atomic mass is 9.92. The van der Waals surface area contributed by atoms with Crippen LogP contribution in [0.2, 0.25) is 0 Å². The first-order chi connectivity index (χ1) is 12.2. The van der Waals surface area contributed by atoms with Crippen LogP contribution in [0.1, 0.15) is 34.5 Å². The molecule has 0 radical (unpaired) electrons. The second kappa shape index (κ2) is 6.31. The maximum absolute atomic E-state index is 12.9. The topological polar surface area (TPSA) is 48.0 Å². The van der Waals surface area contributed by atoms with E-state index < -0.39 is 0 Å². The highest BCUT2D eigenvalue weighted by atomic mass is 16.6. The number of methoxy groups -OCH3 is 1. The molecule has 4 rings (SSSR count). The number of carbonyl (C=O) groups is 1. The summed E-state index contributed by atoms with van der Waals surface area (Å²) in [6, 6.07) is 11.3. The Labute approximate surface area is 147 Å². The Balaban J connectivity index is 1.61. The van der Waals surface area contributed by atoms with Crippen molar-refractivity contribution < 1.29 is 19.0 Å². The summed E-state index contributed by atoms with van der Waals surface area (Å²) in [5.41, 5.74) is 3.04. The molecule has 2 aromatic rings. The minimum atomic E-state index is -0.00539. The van der Waals surface area contributed by atoms with Crippen molar-refractivity contribution in [2.75, 3.05) is 26.9 Å². The summed E-state index contributed by atoms with van der Waals surface area (Å²) < 4.78 is 16.5. The van der Waals surface area contributed by atoms with Crippen LogP contribution < -0.4 is 14.2 Å². The van der Waals surface area contributed by atoms with Gasteiger partial charge in [-0.2, -0.15) is 0 Å². The van der Waals surface area contributed by atoms with Gasteiger partial charge in [-0.05, 0) is 60.9 Å². The Hall–Kier alpha value is -2.69. The SMILES string of the molecule is COc1ccc(C(=O)N2CCc3cc4c(cc3C2C)OCCO4)cc1. The molecule has 5 heteroatoms. The maximum Gasteiger partial charge on any atom is 0.254 e. The Kier molecular flexibility index (Phi) is 3.99. The Morgan fingerprint density at radius 3 is 2.48 bits per heavy atom. The van der Waals surface area contributed by atoms with Crippen molar-refractivity contribution in [1.29, 1.82) is 0 Å². The van der Waals surface area contributed by atoms with E-state index in [0.717, 1.165) is 29.2 Å². The first-order valence-electron chi connectivity index (χ1n) is 8.55. The van der Waals surface area contributed by atoms with Gasteiger partial charge in [0.1, 0.15) is 19.0 Å². The standard InChI is InChI=1S/C20H21NO4/c1-13-17-12-19-18(24-9-10-25-19)11-15(17)7-8-21(13)20(22)14-3-5-16(23-2)6-4-14/h3-6,11-13H,7-10H2,1-2H3. The van der Waals surface area contributed by atoms with Crippen LogP contribution in [-0.2, 0) is 6.42 Å². The first-order valence-corrected chi connectivity index (χ1v) is 8.55. The third-order valence-electron chi connectivity index (χ3n) is 4.94. The van der Waals surface area contributed by atoms with Gasteiger partial charge in [0.05, 0.1) is 13.2 Å². The van der Waals surface area contributed by atoms with Gasteiger partial charge in [0.15, 0.2) is 11.5 Å². The van der Waals surface area contributed by atoms with Crippen molar-refractivity contribution in [3.05, 3.63) is 53.1 Å². The lowest BCUT2D eigenvalue weighted by molar-refractivity contribution is 0.0676. The molecule has 25 heavy (non-hydrogen) atoms. The molecule has 0 saturated heterocycles. The molecule has 130 valence electrons. The van der Waals surface area contributed by atoms with E-state index >= 15 is 0 Å². The summed E-state index contributed by atoms with van der Waals surface area (Å²) in [6.45, 7) is 3.91. The van der Waals surface area contributed by atoms with Gasteiger partial charge in [-0.3, -0.25) is 4.79 Å². The van der Waals surface area contributed by atoms with Gasteiger partial charge in [-0.15, -0.1) is 0 Å². The molecule has 2 aromatic carbocycles. The number of hydrogen-bond acceptors (Lipinski definition) is 4. The van der Waals surface area contributed by atoms with Gasteiger partial charge in [-0.25, -0.2) is 0 Å². The van der Waals surface area contributed by atoms with E-state index in [2.05, 4.69) is 13.0 Å². The Morgan fingerprint density at radius 1 is 1.12 bits per heavy atom. The zero-order valence-electron chi connectivity index (χ0n) is 14.5. The number of benzene rings is 2. The summed E-state index contributed by atoms with van der Waals surface area (Å²) in [4.78, 5) is 14.9. The quantitative estimate of drug-likeness (QED) is 0.843. The van der Waals surface area contributed by atoms with E-state index in [4.69, 9.17) is 14.2 Å². The highest BCUT2D eigenvalue weighted by molar-refractivity contribution is 5.94. The fourth-order valence-electron chi connectivity index (χ4n) is 3.53. The van der Waals surface area contributed by atoms with Crippen molar-refractivity contribution in [2.45, 2.75) is 19.4 Å². The molecule has 0 spiro atoms. The minimum Gasteiger partial charge on any atom is -0.497 e. The van der Waals surface area contributed by atoms with Crippen molar-refractivity contribution in [3.8, 4) is 17.2 Å². The summed E-state index contributed by atoms with van der Waals surface area (Å²) in [5, 5.41) is 0. The largest absolute Gasteiger partial charge is 0.497 e. The van der Waals surface area contributed by atoms with Gasteiger partial charge in [0.25, 0.3) is 5.91 Å². The molecule has 0 fully saturated rings. The molecule has 2 heterocycles. The predicted molar refractivity (Wildman–Crippen MR) is 93.6 cm³/mol. The number of amides is 1. The molecule has 0 N–H and O–H groups in total. The highest BCUT2D eigenvalue weighted by Gasteiger charge is 2.30. The molecule has 5 nitrogen and oxygen atoms in total. The number of ether oxygens (including phenoxy) is 3. The first kappa shape index (κ1) is 15.8. The van der Waals surface area contributed by atoms with Crippen molar-refractivity contribution in [3.63, 3.8) is 0 Å². The fraction of sp³-hybridized carbons (Fsp3) is 0.350. The lowest BCUT2D eigenvalue weighted by Gasteiger charge is -2.36. The van der Waals surface area contributed by atoms with Crippen molar-refractivity contribution in [2.24, 2.45) is 0 Å². The van der Waals surface area contributed by atoms with E-state index in [0.29, 0.717) is 25.3 Å². The van der Waals surface area contributed by atoms with Crippen LogP contribution >= 0.6 is 0 Å². The van der Waals surface area contributed by atoms with Crippen LogP contribution in [0.3, 0.4) is 0 Å². The van der Waals surface area contributed by atoms with Crippen LogP contribution in [0, 0.1) is 0 Å². The zero-order chi connectivity index (χ0) is 17.4. The summed E-state index contributed by atoms with van der Waals surface area (Å²) in [5.74, 6) is 2.37. The zero-order valence-corrected chi connectivity index (χ0v) is 14.5. The number of carbonyl (C=O) groups excluding carboxylic acids is 1. The summed E-state index contributed by atoms with van der Waals surface area (Å²) in [6.07, 6.45) is 0.818. The normalized spacial score (nSPS) is 18.5. The van der Waals surface area contributed by atoms with E-state index in [1.54, 1.807) is 7.11 Å². The third kappa shape index (κ3) is 2.80. The Morgan fingerprint density at radius 2 is 1.80 bits per heavy atom. The molecule has 0 aliphatic carbocycles. The molecule has 2 aliphatic rings. The molecule has 1 atom stereocenters. The van der Waals surface area contributed by atoms with Crippen LogP contribution in [0.15, 0.2) is 36.4 Å². The predicted octanol–water partition coefficient (Wildman–Crippen LogP) is 3.23. The number of nitrogens with zero attached hydrogens (tertiary/aromatic N) is 1. The molecule has 0 aromatic heterocycles. The lowest BCUT2D eigenvalue weighted by Crippen LogP contribution is -2.39. The third-order valence-corrected chi connectivity index (χ3v) is 4.94. The molecule has 1 unspecified atom stereocenters. The van der Waals surface area contributed by atoms with E-state index in [1.807, 2.05) is 35.2 Å². The second-order valence-corrected chi connectivity index (χ2v) is 6.35. The van der Waals surface area contributed by atoms with Crippen molar-refractivity contribution >= 4 is 5.91 Å². The van der Waals surface area contributed by atoms with E-state index in [-0.39, 0.29) is 11.9 Å². The van der Waals surface area contributed by atoms with Gasteiger partial charge in [-0.1, -0.05) is 0 Å². The molecule has 0 bridgehead atoms. The molecular formula is C20H21NO4. The maximum atomic E-state index is 12.9. The number of rotatable bonds is 2. The van der Waals surface area contributed by atoms with Gasteiger partial charge in [0, 0.05) is 12.1 Å². The number of hydrogen-bond donors (Lipinski definition) is 0. The molecule has 1 amide bonds.